The van der Waals surface area contributed by atoms with Gasteiger partial charge in [0.05, 0.1) is 88.9 Å². The molecule has 1 saturated heterocycles. The number of benzene rings is 2. The molecule has 3 aliphatic rings. The molecular formula is C50H71N3O19S3. The van der Waals surface area contributed by atoms with Crippen LogP contribution in [0.5, 0.6) is 5.75 Å². The van der Waals surface area contributed by atoms with E-state index in [4.69, 9.17) is 33.3 Å². The van der Waals surface area contributed by atoms with Crippen molar-refractivity contribution in [1.82, 2.24) is 5.06 Å². The van der Waals surface area contributed by atoms with E-state index in [-0.39, 0.29) is 107 Å². The Labute approximate surface area is 440 Å². The van der Waals surface area contributed by atoms with Crippen LogP contribution in [0.15, 0.2) is 71.3 Å². The minimum Gasteiger partial charge on any atom is -0.482 e. The van der Waals surface area contributed by atoms with Crippen molar-refractivity contribution in [2.75, 3.05) is 107 Å². The number of anilines is 2. The lowest BCUT2D eigenvalue weighted by atomic mass is 9.77. The zero-order valence-corrected chi connectivity index (χ0v) is 45.6. The van der Waals surface area contributed by atoms with E-state index in [0.29, 0.717) is 60.7 Å². The Balaban J connectivity index is 1.18. The monoisotopic (exact) mass is 1110 g/mol. The standard InChI is InChI=1S/C50H71N3O19S3/c1-6-51(20-9-33-74(60,61)62)37-12-14-40-41(49(2,3)4)35-38(71-44(40)34-37)10-7-11-45-50(5,19-8-32-73(57,58)59)42-36-39(75(63,64)65)13-15-43(42)52(45)21-23-67-25-27-69-29-31-70-30-28-68-26-24-66-22-18-48(56)72-53-46(54)16-17-47(53)55/h7,10-15,34-36,38H,6,8-9,16-33H2,1-5H3,(H,57,58,59)(H,60,61,62)(H,63,64,65)/b10-7+,45-11+. The second-order valence-electron chi connectivity index (χ2n) is 19.1. The summed E-state index contributed by atoms with van der Waals surface area (Å²) >= 11 is 0. The maximum atomic E-state index is 12.4. The third-order valence-corrected chi connectivity index (χ3v) is 14.9. The van der Waals surface area contributed by atoms with Crippen molar-refractivity contribution in [1.29, 1.82) is 0 Å². The van der Waals surface area contributed by atoms with Crippen molar-refractivity contribution in [3.63, 3.8) is 0 Å². The van der Waals surface area contributed by atoms with Gasteiger partial charge in [0.1, 0.15) is 11.9 Å². The zero-order valence-electron chi connectivity index (χ0n) is 43.1. The molecule has 3 heterocycles. The predicted octanol–water partition coefficient (Wildman–Crippen LogP) is 5.19. The lowest BCUT2D eigenvalue weighted by Gasteiger charge is -2.33. The van der Waals surface area contributed by atoms with Gasteiger partial charge < -0.3 is 43.1 Å². The first-order chi connectivity index (χ1) is 35.3. The molecule has 5 rings (SSSR count). The molecule has 0 spiro atoms. The summed E-state index contributed by atoms with van der Waals surface area (Å²) in [5, 5.41) is 0.490. The quantitative estimate of drug-likeness (QED) is 0.0482. The lowest BCUT2D eigenvalue weighted by molar-refractivity contribution is -0.198. The normalized spacial score (nSPS) is 18.7. The number of fused-ring (bicyclic) bond motifs is 2. The van der Waals surface area contributed by atoms with Gasteiger partial charge in [-0.3, -0.25) is 23.2 Å². The molecule has 25 heteroatoms. The molecule has 0 saturated carbocycles. The molecule has 22 nitrogen and oxygen atoms in total. The van der Waals surface area contributed by atoms with Crippen LogP contribution in [0, 0.1) is 5.41 Å². The van der Waals surface area contributed by atoms with Crippen molar-refractivity contribution in [3.05, 3.63) is 77.5 Å². The number of carbonyl (C=O) groups excluding carboxylic acids is 3. The number of hydrogen-bond acceptors (Lipinski definition) is 18. The smallest absolute Gasteiger partial charge is 0.335 e. The number of ether oxygens (including phenoxy) is 6. The summed E-state index contributed by atoms with van der Waals surface area (Å²) in [6, 6.07) is 10.1. The molecule has 3 aliphatic heterocycles. The van der Waals surface area contributed by atoms with Crippen molar-refractivity contribution >= 4 is 65.1 Å². The number of nitrogens with zero attached hydrogens (tertiary/aromatic N) is 3. The summed E-state index contributed by atoms with van der Waals surface area (Å²) in [5.74, 6) is -2.13. The number of carbonyl (C=O) groups is 3. The van der Waals surface area contributed by atoms with Crippen LogP contribution in [-0.4, -0.2) is 165 Å². The Morgan fingerprint density at radius 3 is 1.93 bits per heavy atom. The number of amides is 2. The first kappa shape index (κ1) is 61.1. The Kier molecular flexibility index (Phi) is 22.4. The number of allylic oxidation sites excluding steroid dienone is 4. The van der Waals surface area contributed by atoms with E-state index in [1.807, 2.05) is 66.2 Å². The Morgan fingerprint density at radius 1 is 0.800 bits per heavy atom. The van der Waals surface area contributed by atoms with Crippen molar-refractivity contribution in [2.45, 2.75) is 89.6 Å². The van der Waals surface area contributed by atoms with Gasteiger partial charge in [0.25, 0.3) is 42.2 Å². The summed E-state index contributed by atoms with van der Waals surface area (Å²) < 4.78 is 135. The first-order valence-corrected chi connectivity index (χ1v) is 29.4. The molecule has 3 N–H and O–H groups in total. The fourth-order valence-electron chi connectivity index (χ4n) is 8.78. The van der Waals surface area contributed by atoms with Gasteiger partial charge in [0.2, 0.25) is 0 Å². The highest BCUT2D eigenvalue weighted by atomic mass is 32.2. The number of hydroxylamine groups is 2. The van der Waals surface area contributed by atoms with Gasteiger partial charge in [0.15, 0.2) is 0 Å². The summed E-state index contributed by atoms with van der Waals surface area (Å²) in [6.45, 7) is 13.7. The summed E-state index contributed by atoms with van der Waals surface area (Å²) in [4.78, 5) is 43.3. The molecule has 0 bridgehead atoms. The molecular weight excluding hydrogens is 1040 g/mol. The van der Waals surface area contributed by atoms with E-state index in [2.05, 4.69) is 20.8 Å². The zero-order chi connectivity index (χ0) is 55.0. The Bertz CT molecular complexity index is 2720. The predicted molar refractivity (Wildman–Crippen MR) is 277 cm³/mol. The van der Waals surface area contributed by atoms with Gasteiger partial charge in [0, 0.05) is 66.6 Å². The van der Waals surface area contributed by atoms with E-state index in [9.17, 15) is 53.3 Å². The fraction of sp³-hybridized carbons (Fsp3) is 0.580. The van der Waals surface area contributed by atoms with Crippen LogP contribution in [-0.2, 0) is 78.7 Å². The van der Waals surface area contributed by atoms with E-state index in [0.717, 1.165) is 16.8 Å². The van der Waals surface area contributed by atoms with E-state index >= 15 is 0 Å². The lowest BCUT2D eigenvalue weighted by Crippen LogP contribution is -2.32. The van der Waals surface area contributed by atoms with Crippen LogP contribution >= 0.6 is 0 Å². The number of rotatable bonds is 32. The maximum Gasteiger partial charge on any atom is 0.335 e. The van der Waals surface area contributed by atoms with Crippen molar-refractivity contribution in [3.8, 4) is 5.75 Å². The summed E-state index contributed by atoms with van der Waals surface area (Å²) in [5.41, 5.74) is 3.23. The number of imide groups is 1. The summed E-state index contributed by atoms with van der Waals surface area (Å²) in [6.07, 6.45) is 7.32. The van der Waals surface area contributed by atoms with Crippen molar-refractivity contribution in [2.24, 2.45) is 5.41 Å². The van der Waals surface area contributed by atoms with Gasteiger partial charge in [-0.2, -0.15) is 25.3 Å². The largest absolute Gasteiger partial charge is 0.482 e. The van der Waals surface area contributed by atoms with Gasteiger partial charge in [-0.25, -0.2) is 4.79 Å². The molecule has 0 aromatic heterocycles. The SMILES string of the molecule is CCN(CCCS(=O)(=O)O)c1ccc2c(c1)OC(/C=C/C=C1/N(CCOCCOCCOCCOCCOCCC(=O)ON3C(=O)CCC3=O)c3ccc(S(=O)(=O)O)cc3C1(C)CCCS(=O)(=O)O)C=C2C(C)(C)C. The molecule has 1 fully saturated rings. The van der Waals surface area contributed by atoms with Crippen molar-refractivity contribution < 1.29 is 86.6 Å². The highest BCUT2D eigenvalue weighted by Crippen LogP contribution is 2.51. The minimum absolute atomic E-state index is 0.0167. The van der Waals surface area contributed by atoms with Crippen LogP contribution in [0.25, 0.3) is 5.57 Å². The third kappa shape index (κ3) is 18.7. The van der Waals surface area contributed by atoms with Crippen LogP contribution in [0.4, 0.5) is 11.4 Å². The maximum absolute atomic E-state index is 12.4. The van der Waals surface area contributed by atoms with Gasteiger partial charge in [-0.05, 0) is 98.2 Å². The topological polar surface area (TPSA) is 289 Å². The molecule has 75 heavy (non-hydrogen) atoms. The van der Waals surface area contributed by atoms with E-state index < -0.39 is 65.4 Å². The first-order valence-electron chi connectivity index (χ1n) is 24.7. The van der Waals surface area contributed by atoms with E-state index in [1.54, 1.807) is 6.07 Å². The second-order valence-corrected chi connectivity index (χ2v) is 23.7. The van der Waals surface area contributed by atoms with E-state index in [1.165, 1.54) is 12.1 Å². The molecule has 0 radical (unpaired) electrons. The molecule has 2 amide bonds. The van der Waals surface area contributed by atoms with Crippen LogP contribution in [0.2, 0.25) is 0 Å². The molecule has 0 aliphatic carbocycles. The van der Waals surface area contributed by atoms with Gasteiger partial charge in [-0.1, -0.05) is 26.8 Å². The molecule has 2 aromatic carbocycles. The molecule has 2 unspecified atom stereocenters. The Morgan fingerprint density at radius 2 is 1.37 bits per heavy atom. The fourth-order valence-corrected chi connectivity index (χ4v) is 10.3. The average molecular weight is 1110 g/mol. The van der Waals surface area contributed by atoms with Gasteiger partial charge in [-0.15, -0.1) is 5.06 Å². The summed E-state index contributed by atoms with van der Waals surface area (Å²) in [7, 11) is -13.1. The van der Waals surface area contributed by atoms with Crippen LogP contribution < -0.4 is 14.5 Å². The highest BCUT2D eigenvalue weighted by Gasteiger charge is 2.44. The van der Waals surface area contributed by atoms with Crippen LogP contribution in [0.3, 0.4) is 0 Å². The average Bonchev–Trinajstić information content (AvgIpc) is 3.76. The third-order valence-electron chi connectivity index (χ3n) is 12.5. The van der Waals surface area contributed by atoms with Crippen LogP contribution in [0.1, 0.15) is 84.3 Å². The molecule has 2 aromatic rings. The minimum atomic E-state index is -4.63. The molecule has 2 atom stereocenters. The Hall–Kier alpha value is -4.80. The second kappa shape index (κ2) is 27.5. The molecule has 418 valence electrons. The highest BCUT2D eigenvalue weighted by molar-refractivity contribution is 7.86. The van der Waals surface area contributed by atoms with Gasteiger partial charge >= 0.3 is 5.97 Å². The number of hydrogen-bond donors (Lipinski definition) is 3.